The average Bonchev–Trinajstić information content (AvgIpc) is 2.61. The molecular weight excluding hydrogens is 176 g/mol. The Morgan fingerprint density at radius 2 is 1.86 bits per heavy atom. The number of carbonyl (C=O) groups is 1. The van der Waals surface area contributed by atoms with E-state index in [-0.39, 0.29) is 11.9 Å². The fourth-order valence-electron chi connectivity index (χ4n) is 3.00. The fraction of sp³-hybridized carbons (Fsp3) is 0.917. The number of methoxy groups -OCH3 is 1. The van der Waals surface area contributed by atoms with Gasteiger partial charge in [0, 0.05) is 0 Å². The topological polar surface area (TPSA) is 26.3 Å². The molecule has 2 aliphatic carbocycles. The Kier molecular flexibility index (Phi) is 3.09. The minimum Gasteiger partial charge on any atom is -0.469 e. The van der Waals surface area contributed by atoms with E-state index in [0.717, 1.165) is 24.7 Å². The zero-order chi connectivity index (χ0) is 9.97. The molecule has 0 aromatic heterocycles. The van der Waals surface area contributed by atoms with Crippen LogP contribution in [0.2, 0.25) is 0 Å². The molecule has 80 valence electrons. The fourth-order valence-corrected chi connectivity index (χ4v) is 3.00. The van der Waals surface area contributed by atoms with Crippen molar-refractivity contribution in [3.63, 3.8) is 0 Å². The first-order chi connectivity index (χ1) is 6.79. The minimum atomic E-state index is 0.00710. The van der Waals surface area contributed by atoms with Crippen molar-refractivity contribution in [1.82, 2.24) is 0 Å². The number of rotatable bonds is 3. The van der Waals surface area contributed by atoms with Crippen LogP contribution in [0.25, 0.3) is 0 Å². The van der Waals surface area contributed by atoms with Gasteiger partial charge in [-0.05, 0) is 31.1 Å². The van der Waals surface area contributed by atoms with Gasteiger partial charge < -0.3 is 4.74 Å². The van der Waals surface area contributed by atoms with Crippen LogP contribution >= 0.6 is 0 Å². The van der Waals surface area contributed by atoms with Crippen molar-refractivity contribution in [3.05, 3.63) is 0 Å². The second kappa shape index (κ2) is 4.33. The molecule has 2 heteroatoms. The Morgan fingerprint density at radius 1 is 1.21 bits per heavy atom. The highest BCUT2D eigenvalue weighted by Gasteiger charge is 2.36. The van der Waals surface area contributed by atoms with Crippen LogP contribution in [0, 0.1) is 17.8 Å². The lowest BCUT2D eigenvalue weighted by Gasteiger charge is -2.34. The molecule has 0 bridgehead atoms. The first-order valence-corrected chi connectivity index (χ1v) is 5.87. The van der Waals surface area contributed by atoms with Gasteiger partial charge in [0.15, 0.2) is 0 Å². The van der Waals surface area contributed by atoms with Gasteiger partial charge in [-0.2, -0.15) is 0 Å². The Hall–Kier alpha value is -0.530. The van der Waals surface area contributed by atoms with Crippen molar-refractivity contribution in [3.8, 4) is 0 Å². The van der Waals surface area contributed by atoms with Crippen molar-refractivity contribution in [2.45, 2.75) is 44.9 Å². The number of hydrogen-bond acceptors (Lipinski definition) is 2. The Morgan fingerprint density at radius 3 is 2.43 bits per heavy atom. The molecule has 0 N–H and O–H groups in total. The molecule has 0 radical (unpaired) electrons. The highest BCUT2D eigenvalue weighted by Crippen LogP contribution is 2.42. The number of ether oxygens (including phenoxy) is 1. The van der Waals surface area contributed by atoms with Crippen molar-refractivity contribution >= 4 is 5.97 Å². The predicted molar refractivity (Wildman–Crippen MR) is 54.8 cm³/mol. The number of carbonyl (C=O) groups excluding carboxylic acids is 1. The van der Waals surface area contributed by atoms with Crippen LogP contribution in [-0.4, -0.2) is 13.1 Å². The van der Waals surface area contributed by atoms with Gasteiger partial charge >= 0.3 is 5.97 Å². The molecular formula is C12H20O2. The molecule has 0 unspecified atom stereocenters. The summed E-state index contributed by atoms with van der Waals surface area (Å²) < 4.78 is 4.73. The first-order valence-electron chi connectivity index (χ1n) is 5.87. The SMILES string of the molecule is COC(=O)C1CC(CC2CCCC2)C1. The van der Waals surface area contributed by atoms with Crippen LogP contribution in [0.1, 0.15) is 44.9 Å². The molecule has 2 fully saturated rings. The molecule has 0 aliphatic heterocycles. The summed E-state index contributed by atoms with van der Waals surface area (Å²) in [6, 6.07) is 0. The van der Waals surface area contributed by atoms with E-state index >= 15 is 0 Å². The van der Waals surface area contributed by atoms with Crippen LogP contribution in [0.3, 0.4) is 0 Å². The standard InChI is InChI=1S/C12H20O2/c1-14-12(13)11-7-10(8-11)6-9-4-2-3-5-9/h9-11H,2-8H2,1H3. The minimum absolute atomic E-state index is 0.00710. The van der Waals surface area contributed by atoms with Crippen LogP contribution in [-0.2, 0) is 9.53 Å². The molecule has 0 amide bonds. The average molecular weight is 196 g/mol. The molecule has 0 spiro atoms. The van der Waals surface area contributed by atoms with E-state index in [0.29, 0.717) is 0 Å². The Bertz CT molecular complexity index is 200. The lowest BCUT2D eigenvalue weighted by Crippen LogP contribution is -2.32. The third-order valence-corrected chi connectivity index (χ3v) is 3.91. The van der Waals surface area contributed by atoms with Crippen molar-refractivity contribution in [1.29, 1.82) is 0 Å². The van der Waals surface area contributed by atoms with Crippen molar-refractivity contribution < 1.29 is 9.53 Å². The summed E-state index contributed by atoms with van der Waals surface area (Å²) in [6.45, 7) is 0. The summed E-state index contributed by atoms with van der Waals surface area (Å²) in [5, 5.41) is 0. The lowest BCUT2D eigenvalue weighted by molar-refractivity contribution is -0.150. The zero-order valence-electron chi connectivity index (χ0n) is 9.00. The van der Waals surface area contributed by atoms with E-state index in [1.54, 1.807) is 0 Å². The van der Waals surface area contributed by atoms with Gasteiger partial charge in [-0.1, -0.05) is 25.7 Å². The van der Waals surface area contributed by atoms with Gasteiger partial charge in [0.1, 0.15) is 0 Å². The van der Waals surface area contributed by atoms with E-state index in [1.165, 1.54) is 39.2 Å². The first kappa shape index (κ1) is 10.0. The predicted octanol–water partition coefficient (Wildman–Crippen LogP) is 2.77. The van der Waals surface area contributed by atoms with Gasteiger partial charge in [0.2, 0.25) is 0 Å². The molecule has 14 heavy (non-hydrogen) atoms. The van der Waals surface area contributed by atoms with Gasteiger partial charge in [0.05, 0.1) is 13.0 Å². The summed E-state index contributed by atoms with van der Waals surface area (Å²) in [7, 11) is 1.49. The Balaban J connectivity index is 1.65. The van der Waals surface area contributed by atoms with Gasteiger partial charge in [-0.15, -0.1) is 0 Å². The van der Waals surface area contributed by atoms with Crippen molar-refractivity contribution in [2.24, 2.45) is 17.8 Å². The van der Waals surface area contributed by atoms with Gasteiger partial charge in [0.25, 0.3) is 0 Å². The second-order valence-corrected chi connectivity index (χ2v) is 4.94. The Labute approximate surface area is 86.0 Å². The second-order valence-electron chi connectivity index (χ2n) is 4.94. The summed E-state index contributed by atoms with van der Waals surface area (Å²) >= 11 is 0. The molecule has 2 nitrogen and oxygen atoms in total. The third-order valence-electron chi connectivity index (χ3n) is 3.91. The van der Waals surface area contributed by atoms with Gasteiger partial charge in [-0.25, -0.2) is 0 Å². The summed E-state index contributed by atoms with van der Waals surface area (Å²) in [4.78, 5) is 11.2. The normalized spacial score (nSPS) is 32.6. The summed E-state index contributed by atoms with van der Waals surface area (Å²) in [6.07, 6.45) is 9.26. The molecule has 0 atom stereocenters. The van der Waals surface area contributed by atoms with E-state index in [1.807, 2.05) is 0 Å². The molecule has 2 rings (SSSR count). The van der Waals surface area contributed by atoms with E-state index in [4.69, 9.17) is 4.74 Å². The van der Waals surface area contributed by atoms with Crippen LogP contribution in [0.4, 0.5) is 0 Å². The van der Waals surface area contributed by atoms with Crippen LogP contribution in [0.15, 0.2) is 0 Å². The van der Waals surface area contributed by atoms with E-state index in [9.17, 15) is 4.79 Å². The van der Waals surface area contributed by atoms with Gasteiger partial charge in [-0.3, -0.25) is 4.79 Å². The number of esters is 1. The number of hydrogen-bond donors (Lipinski definition) is 0. The molecule has 0 aromatic carbocycles. The highest BCUT2D eigenvalue weighted by atomic mass is 16.5. The van der Waals surface area contributed by atoms with Crippen molar-refractivity contribution in [2.75, 3.05) is 7.11 Å². The summed E-state index contributed by atoms with van der Waals surface area (Å²) in [5.74, 6) is 2.03. The zero-order valence-corrected chi connectivity index (χ0v) is 9.00. The molecule has 2 saturated carbocycles. The molecule has 0 saturated heterocycles. The van der Waals surface area contributed by atoms with E-state index < -0.39 is 0 Å². The summed E-state index contributed by atoms with van der Waals surface area (Å²) in [5.41, 5.74) is 0. The monoisotopic (exact) mass is 196 g/mol. The van der Waals surface area contributed by atoms with Crippen LogP contribution in [0.5, 0.6) is 0 Å². The molecule has 2 aliphatic rings. The molecule has 0 heterocycles. The largest absolute Gasteiger partial charge is 0.469 e. The lowest BCUT2D eigenvalue weighted by atomic mass is 9.71. The maximum atomic E-state index is 11.2. The van der Waals surface area contributed by atoms with Crippen LogP contribution < -0.4 is 0 Å². The quantitative estimate of drug-likeness (QED) is 0.649. The molecule has 0 aromatic rings. The highest BCUT2D eigenvalue weighted by molar-refractivity contribution is 5.73. The smallest absolute Gasteiger partial charge is 0.308 e. The van der Waals surface area contributed by atoms with E-state index in [2.05, 4.69) is 0 Å². The maximum absolute atomic E-state index is 11.2. The maximum Gasteiger partial charge on any atom is 0.308 e. The third kappa shape index (κ3) is 2.10.